The number of allylic oxidation sites excluding steroid dienone is 1. The van der Waals surface area contributed by atoms with Crippen molar-refractivity contribution in [2.24, 2.45) is 45.3 Å². The third-order valence-corrected chi connectivity index (χ3v) is 20.5. The summed E-state index contributed by atoms with van der Waals surface area (Å²) < 4.78 is 47.4. The first-order valence-corrected chi connectivity index (χ1v) is 27.9. The first-order valence-electron chi connectivity index (χ1n) is 27.9. The predicted octanol–water partition coefficient (Wildman–Crippen LogP) is -3.02. The van der Waals surface area contributed by atoms with Crippen LogP contribution in [0, 0.1) is 45.3 Å². The van der Waals surface area contributed by atoms with E-state index in [-0.39, 0.29) is 41.3 Å². The van der Waals surface area contributed by atoms with Crippen LogP contribution in [0.3, 0.4) is 0 Å². The molecular formula is C54H90O24. The quantitative estimate of drug-likeness (QED) is 0.0645. The summed E-state index contributed by atoms with van der Waals surface area (Å²) in [6.07, 6.45) is -26.9. The fourth-order valence-corrected chi connectivity index (χ4v) is 15.3. The Bertz CT molecular complexity index is 2070. The van der Waals surface area contributed by atoms with Gasteiger partial charge in [0.15, 0.2) is 25.2 Å². The normalized spacial score (nSPS) is 50.5. The van der Waals surface area contributed by atoms with Gasteiger partial charge in [-0.3, -0.25) is 4.79 Å². The van der Waals surface area contributed by atoms with Crippen LogP contribution in [0.1, 0.15) is 107 Å². The lowest BCUT2D eigenvalue weighted by Crippen LogP contribution is -2.65. The number of hydrogen-bond acceptors (Lipinski definition) is 24. The summed E-state index contributed by atoms with van der Waals surface area (Å²) in [7, 11) is 0. The van der Waals surface area contributed by atoms with E-state index < -0.39 is 183 Å². The maximum atomic E-state index is 15.2. The van der Waals surface area contributed by atoms with E-state index in [0.717, 1.165) is 18.4 Å². The van der Waals surface area contributed by atoms with Gasteiger partial charge in [-0.2, -0.15) is 0 Å². The van der Waals surface area contributed by atoms with Crippen LogP contribution in [-0.4, -0.2) is 249 Å². The van der Waals surface area contributed by atoms with Crippen molar-refractivity contribution in [2.75, 3.05) is 26.4 Å². The van der Waals surface area contributed by atoms with Gasteiger partial charge in [0.2, 0.25) is 0 Å². The molecule has 0 amide bonds. The first-order chi connectivity index (χ1) is 36.4. The second-order valence-corrected chi connectivity index (χ2v) is 25.7. The topological polar surface area (TPSA) is 394 Å². The Morgan fingerprint density at radius 3 is 1.68 bits per heavy atom. The molecular weight excluding hydrogens is 1030 g/mol. The number of ketones is 1. The van der Waals surface area contributed by atoms with E-state index in [2.05, 4.69) is 33.8 Å². The Morgan fingerprint density at radius 1 is 0.615 bits per heavy atom. The smallest absolute Gasteiger partial charge is 0.187 e. The average Bonchev–Trinajstić information content (AvgIpc) is 2.93. The van der Waals surface area contributed by atoms with E-state index in [9.17, 15) is 76.6 Å². The van der Waals surface area contributed by atoms with Gasteiger partial charge in [0.05, 0.1) is 44.2 Å². The molecule has 15 N–H and O–H groups in total. The van der Waals surface area contributed by atoms with E-state index in [1.807, 2.05) is 13.8 Å². The number of carbonyl (C=O) groups excluding carboxylic acids is 1. The van der Waals surface area contributed by atoms with Crippen LogP contribution in [0.5, 0.6) is 0 Å². The summed E-state index contributed by atoms with van der Waals surface area (Å²) in [5.74, 6) is 0.115. The second kappa shape index (κ2) is 23.5. The molecule has 4 saturated heterocycles. The van der Waals surface area contributed by atoms with Crippen LogP contribution in [0.4, 0.5) is 0 Å². The van der Waals surface area contributed by atoms with Crippen LogP contribution in [0.25, 0.3) is 0 Å². The molecule has 4 heterocycles. The van der Waals surface area contributed by atoms with E-state index in [1.165, 1.54) is 0 Å². The molecule has 0 aromatic rings. The summed E-state index contributed by atoms with van der Waals surface area (Å²) in [5, 5.41) is 159. The molecule has 450 valence electrons. The summed E-state index contributed by atoms with van der Waals surface area (Å²) in [5.41, 5.74) is -2.59. The Kier molecular flexibility index (Phi) is 18.8. The van der Waals surface area contributed by atoms with Crippen molar-refractivity contribution >= 4 is 5.78 Å². The molecule has 0 radical (unpaired) electrons. The molecule has 0 spiro atoms. The Balaban J connectivity index is 0.941. The van der Waals surface area contributed by atoms with Gasteiger partial charge in [-0.1, -0.05) is 53.2 Å². The fraction of sp³-hybridized carbons (Fsp3) is 0.944. The van der Waals surface area contributed by atoms with Crippen LogP contribution >= 0.6 is 0 Å². The Morgan fingerprint density at radius 2 is 1.12 bits per heavy atom. The molecule has 3 saturated carbocycles. The minimum Gasteiger partial charge on any atom is -0.394 e. The highest BCUT2D eigenvalue weighted by Crippen LogP contribution is 2.74. The average molecular weight is 1120 g/mol. The Hall–Kier alpha value is -1.51. The SMILES string of the molecule is C[C@H](CC[C@@H](O[C@@H]1O[C@H](CO)C(O)[C@H](O)[C@H]1O[C@H]1O[C@@H](CO)[C@H](O)[C@@H](O)[C@@H]1O)C(C)(C)O)C1CC[C@@]2(C)C3CC=C4C(CC[C@H](O[C@@H]5O[C@H](CO[C@@H]6O[C@H](CO)[C@@H](O)[C@H](O)[C@H]6O)[C@@H](O)[C@H](O)[C@H]5O)C4(C)C)[C@]3(C)C(=O)C[C@]12C. The first kappa shape index (κ1) is 62.5. The number of ether oxygens (including phenoxy) is 8. The number of rotatable bonds is 17. The van der Waals surface area contributed by atoms with Crippen molar-refractivity contribution in [3.05, 3.63) is 11.6 Å². The maximum absolute atomic E-state index is 15.2. The van der Waals surface area contributed by atoms with Gasteiger partial charge in [-0.15, -0.1) is 0 Å². The molecule has 24 heteroatoms. The van der Waals surface area contributed by atoms with Gasteiger partial charge >= 0.3 is 0 Å². The summed E-state index contributed by atoms with van der Waals surface area (Å²) in [4.78, 5) is 15.2. The zero-order valence-electron chi connectivity index (χ0n) is 46.0. The van der Waals surface area contributed by atoms with Crippen molar-refractivity contribution in [2.45, 2.75) is 247 Å². The molecule has 4 aliphatic carbocycles. The fourth-order valence-electron chi connectivity index (χ4n) is 15.3. The minimum atomic E-state index is -1.86. The number of Topliss-reactive ketones (excluding diaryl/α,β-unsaturated/α-hetero) is 1. The van der Waals surface area contributed by atoms with Crippen molar-refractivity contribution in [3.8, 4) is 0 Å². The lowest BCUT2D eigenvalue weighted by atomic mass is 9.38. The lowest BCUT2D eigenvalue weighted by molar-refractivity contribution is -0.375. The largest absolute Gasteiger partial charge is 0.394 e. The molecule has 8 rings (SSSR count). The van der Waals surface area contributed by atoms with Crippen LogP contribution < -0.4 is 0 Å². The molecule has 0 bridgehead atoms. The maximum Gasteiger partial charge on any atom is 0.187 e. The van der Waals surface area contributed by atoms with Crippen molar-refractivity contribution in [1.82, 2.24) is 0 Å². The third kappa shape index (κ3) is 10.9. The van der Waals surface area contributed by atoms with Crippen LogP contribution in [0.2, 0.25) is 0 Å². The van der Waals surface area contributed by atoms with Crippen LogP contribution in [0.15, 0.2) is 11.6 Å². The van der Waals surface area contributed by atoms with Gasteiger partial charge in [0, 0.05) is 17.3 Å². The predicted molar refractivity (Wildman–Crippen MR) is 267 cm³/mol. The van der Waals surface area contributed by atoms with E-state index >= 15 is 4.79 Å². The number of aliphatic hydroxyl groups excluding tert-OH is 14. The molecule has 29 atom stereocenters. The highest BCUT2D eigenvalue weighted by atomic mass is 16.8. The van der Waals surface area contributed by atoms with E-state index in [0.29, 0.717) is 32.1 Å². The molecule has 4 unspecified atom stereocenters. The van der Waals surface area contributed by atoms with Gasteiger partial charge in [0.25, 0.3) is 0 Å². The zero-order chi connectivity index (χ0) is 57.5. The summed E-state index contributed by atoms with van der Waals surface area (Å²) >= 11 is 0. The minimum absolute atomic E-state index is 0.00515. The number of hydrogen-bond donors (Lipinski definition) is 15. The zero-order valence-corrected chi connectivity index (χ0v) is 46.0. The van der Waals surface area contributed by atoms with Gasteiger partial charge < -0.3 is 114 Å². The molecule has 0 aromatic heterocycles. The van der Waals surface area contributed by atoms with E-state index in [4.69, 9.17) is 37.9 Å². The number of aliphatic hydroxyl groups is 15. The molecule has 4 aliphatic heterocycles. The van der Waals surface area contributed by atoms with Crippen molar-refractivity contribution in [1.29, 1.82) is 0 Å². The Labute approximate surface area is 454 Å². The van der Waals surface area contributed by atoms with Gasteiger partial charge in [-0.25, -0.2) is 0 Å². The third-order valence-electron chi connectivity index (χ3n) is 20.5. The van der Waals surface area contributed by atoms with Crippen molar-refractivity contribution in [3.63, 3.8) is 0 Å². The molecule has 8 aliphatic rings. The number of fused-ring (bicyclic) bond motifs is 5. The standard InChI is InChI=1S/C54H90O24/c1-22(9-13-33(51(4,5)70)77-49-45(41(66)36(61)28(20-57)74-49)78-48-44(69)39(64)35(60)27(19-56)73-48)23-15-16-52(6)30-12-10-24-25(54(30,8)31(58)17-53(23,52)7)11-14-32(50(24,2)3)76-47-43(68)40(65)37(62)29(75-47)21-71-46-42(67)38(63)34(59)26(18-55)72-46/h10,22-23,25-30,32-49,55-57,59-70H,9,11-21H2,1-8H3/t22-,23?,25?,26-,27+,28-,29-,30?,32+,33-,34-,35+,36?,37-,38+,39-,40+,41+,42-,43-,44+,45-,46-,47+,48-,49+,52+,53-,54+/m1/s1. The monoisotopic (exact) mass is 1120 g/mol. The van der Waals surface area contributed by atoms with Crippen molar-refractivity contribution < 1.29 is 119 Å². The molecule has 0 aromatic carbocycles. The second-order valence-electron chi connectivity index (χ2n) is 25.7. The van der Waals surface area contributed by atoms with Gasteiger partial charge in [0.1, 0.15) is 103 Å². The summed E-state index contributed by atoms with van der Waals surface area (Å²) in [6, 6.07) is 0. The molecule has 78 heavy (non-hydrogen) atoms. The van der Waals surface area contributed by atoms with Gasteiger partial charge in [-0.05, 0) is 93.3 Å². The highest BCUT2D eigenvalue weighted by molar-refractivity contribution is 5.88. The molecule has 24 nitrogen and oxygen atoms in total. The van der Waals surface area contributed by atoms with E-state index in [1.54, 1.807) is 13.8 Å². The highest BCUT2D eigenvalue weighted by Gasteiger charge is 2.71. The lowest BCUT2D eigenvalue weighted by Gasteiger charge is -2.65. The summed E-state index contributed by atoms with van der Waals surface area (Å²) in [6.45, 7) is 13.3. The number of carbonyl (C=O) groups is 1. The molecule has 7 fully saturated rings. The van der Waals surface area contributed by atoms with Crippen LogP contribution in [-0.2, 0) is 42.7 Å².